The molecule has 0 saturated heterocycles. The third-order valence-electron chi connectivity index (χ3n) is 1.73. The second-order valence-corrected chi connectivity index (χ2v) is 5.02. The van der Waals surface area contributed by atoms with Gasteiger partial charge in [0.15, 0.2) is 0 Å². The highest BCUT2D eigenvalue weighted by Crippen LogP contribution is 2.08. The van der Waals surface area contributed by atoms with Crippen molar-refractivity contribution in [2.75, 3.05) is 6.26 Å². The fraction of sp³-hybridized carbons (Fsp3) is 0.375. The average molecular weight is 230 g/mol. The largest absolute Gasteiger partial charge is 0.481 e. The van der Waals surface area contributed by atoms with E-state index in [0.717, 1.165) is 6.26 Å². The van der Waals surface area contributed by atoms with Crippen molar-refractivity contribution in [3.05, 3.63) is 17.5 Å². The highest BCUT2D eigenvalue weighted by atomic mass is 32.2. The van der Waals surface area contributed by atoms with Crippen molar-refractivity contribution < 1.29 is 18.3 Å². The molecule has 0 spiro atoms. The number of sulfone groups is 1. The van der Waals surface area contributed by atoms with E-state index < -0.39 is 15.8 Å². The highest BCUT2D eigenvalue weighted by molar-refractivity contribution is 7.90. The SMILES string of the molecule is Cc1nc(S(C)(=O)=O)ncc1CC(=O)O. The number of aliphatic carboxylic acids is 1. The zero-order valence-electron chi connectivity index (χ0n) is 8.26. The number of hydrogen-bond acceptors (Lipinski definition) is 5. The van der Waals surface area contributed by atoms with Gasteiger partial charge in [-0.05, 0) is 6.92 Å². The third-order valence-corrected chi connectivity index (χ3v) is 2.59. The van der Waals surface area contributed by atoms with E-state index in [-0.39, 0.29) is 11.6 Å². The Kier molecular flexibility index (Phi) is 3.04. The number of carboxylic acid groups (broad SMARTS) is 1. The Morgan fingerprint density at radius 3 is 2.53 bits per heavy atom. The molecule has 0 amide bonds. The van der Waals surface area contributed by atoms with Gasteiger partial charge in [-0.25, -0.2) is 18.4 Å². The minimum Gasteiger partial charge on any atom is -0.481 e. The molecule has 0 bridgehead atoms. The summed E-state index contributed by atoms with van der Waals surface area (Å²) in [5, 5.41) is 8.26. The van der Waals surface area contributed by atoms with Gasteiger partial charge in [-0.3, -0.25) is 4.79 Å². The van der Waals surface area contributed by atoms with Gasteiger partial charge in [0.2, 0.25) is 15.0 Å². The van der Waals surface area contributed by atoms with Crippen LogP contribution < -0.4 is 0 Å². The summed E-state index contributed by atoms with van der Waals surface area (Å²) in [6, 6.07) is 0. The second kappa shape index (κ2) is 3.93. The molecular weight excluding hydrogens is 220 g/mol. The first kappa shape index (κ1) is 11.6. The molecule has 0 unspecified atom stereocenters. The molecule has 82 valence electrons. The quantitative estimate of drug-likeness (QED) is 0.723. The van der Waals surface area contributed by atoms with E-state index in [1.165, 1.54) is 6.20 Å². The highest BCUT2D eigenvalue weighted by Gasteiger charge is 2.13. The van der Waals surface area contributed by atoms with E-state index in [9.17, 15) is 13.2 Å². The number of aromatic nitrogens is 2. The number of aryl methyl sites for hydroxylation is 1. The molecule has 0 fully saturated rings. The summed E-state index contributed by atoms with van der Waals surface area (Å²) in [6.45, 7) is 1.55. The Hall–Kier alpha value is -1.50. The van der Waals surface area contributed by atoms with Gasteiger partial charge < -0.3 is 5.11 Å². The van der Waals surface area contributed by atoms with Crippen LogP contribution in [-0.2, 0) is 21.1 Å². The molecule has 0 radical (unpaired) electrons. The zero-order valence-corrected chi connectivity index (χ0v) is 9.08. The number of hydrogen-bond donors (Lipinski definition) is 1. The van der Waals surface area contributed by atoms with E-state index in [1.807, 2.05) is 0 Å². The minimum atomic E-state index is -3.44. The van der Waals surface area contributed by atoms with Gasteiger partial charge in [0.25, 0.3) is 0 Å². The topological polar surface area (TPSA) is 97.2 Å². The molecule has 0 aliphatic carbocycles. The van der Waals surface area contributed by atoms with Gasteiger partial charge in [-0.15, -0.1) is 0 Å². The smallest absolute Gasteiger partial charge is 0.307 e. The summed E-state index contributed by atoms with van der Waals surface area (Å²) in [5.41, 5.74) is 0.780. The Morgan fingerprint density at radius 1 is 1.53 bits per heavy atom. The molecule has 1 aromatic heterocycles. The first-order valence-corrected chi connectivity index (χ1v) is 5.94. The van der Waals surface area contributed by atoms with Crippen molar-refractivity contribution in [2.24, 2.45) is 0 Å². The number of carbonyl (C=O) groups is 1. The first-order chi connectivity index (χ1) is 6.80. The van der Waals surface area contributed by atoms with Crippen molar-refractivity contribution in [2.45, 2.75) is 18.5 Å². The summed E-state index contributed by atoms with van der Waals surface area (Å²) in [4.78, 5) is 17.8. The minimum absolute atomic E-state index is 0.212. The van der Waals surface area contributed by atoms with E-state index >= 15 is 0 Å². The van der Waals surface area contributed by atoms with Crippen LogP contribution in [0.25, 0.3) is 0 Å². The van der Waals surface area contributed by atoms with Crippen LogP contribution in [0.5, 0.6) is 0 Å². The van der Waals surface area contributed by atoms with E-state index in [0.29, 0.717) is 11.3 Å². The van der Waals surface area contributed by atoms with Crippen LogP contribution in [-0.4, -0.2) is 35.7 Å². The molecule has 1 heterocycles. The normalized spacial score (nSPS) is 11.3. The fourth-order valence-electron chi connectivity index (χ4n) is 0.986. The molecule has 1 rings (SSSR count). The molecule has 0 saturated carbocycles. The number of rotatable bonds is 3. The van der Waals surface area contributed by atoms with Crippen LogP contribution in [0.15, 0.2) is 11.4 Å². The van der Waals surface area contributed by atoms with Crippen LogP contribution in [0.2, 0.25) is 0 Å². The van der Waals surface area contributed by atoms with Crippen LogP contribution in [0.4, 0.5) is 0 Å². The molecule has 0 aliphatic rings. The maximum Gasteiger partial charge on any atom is 0.307 e. The summed E-state index contributed by atoms with van der Waals surface area (Å²) >= 11 is 0. The van der Waals surface area contributed by atoms with Gasteiger partial charge in [-0.1, -0.05) is 0 Å². The Morgan fingerprint density at radius 2 is 2.13 bits per heavy atom. The third kappa shape index (κ3) is 2.98. The average Bonchev–Trinajstić information content (AvgIpc) is 2.05. The Bertz CT molecular complexity index is 495. The van der Waals surface area contributed by atoms with Gasteiger partial charge in [-0.2, -0.15) is 0 Å². The van der Waals surface area contributed by atoms with Gasteiger partial charge in [0.05, 0.1) is 6.42 Å². The molecule has 0 aliphatic heterocycles. The molecule has 1 N–H and O–H groups in total. The number of carboxylic acids is 1. The second-order valence-electron chi connectivity index (χ2n) is 3.11. The maximum atomic E-state index is 11.1. The summed E-state index contributed by atoms with van der Waals surface area (Å²) in [6.07, 6.45) is 2.02. The summed E-state index contributed by atoms with van der Waals surface area (Å²) in [5.74, 6) is -1.01. The van der Waals surface area contributed by atoms with E-state index in [2.05, 4.69) is 9.97 Å². The maximum absolute atomic E-state index is 11.1. The fourth-order valence-corrected chi connectivity index (χ4v) is 1.53. The van der Waals surface area contributed by atoms with Crippen molar-refractivity contribution in [3.8, 4) is 0 Å². The van der Waals surface area contributed by atoms with E-state index in [4.69, 9.17) is 5.11 Å². The molecule has 0 atom stereocenters. The van der Waals surface area contributed by atoms with Crippen molar-refractivity contribution in [3.63, 3.8) is 0 Å². The molecule has 6 nitrogen and oxygen atoms in total. The zero-order chi connectivity index (χ0) is 11.6. The summed E-state index contributed by atoms with van der Waals surface area (Å²) in [7, 11) is -3.44. The van der Waals surface area contributed by atoms with Crippen molar-refractivity contribution >= 4 is 15.8 Å². The Balaban J connectivity index is 3.15. The van der Waals surface area contributed by atoms with Crippen molar-refractivity contribution in [1.29, 1.82) is 0 Å². The lowest BCUT2D eigenvalue weighted by atomic mass is 10.2. The molecule has 1 aromatic rings. The van der Waals surface area contributed by atoms with Crippen LogP contribution in [0.1, 0.15) is 11.3 Å². The van der Waals surface area contributed by atoms with Gasteiger partial charge in [0, 0.05) is 23.7 Å². The number of nitrogens with zero attached hydrogens (tertiary/aromatic N) is 2. The standard InChI is InChI=1S/C8H10N2O4S/c1-5-6(3-7(11)12)4-9-8(10-5)15(2,13)14/h4H,3H2,1-2H3,(H,11,12). The molecular formula is C8H10N2O4S. The first-order valence-electron chi connectivity index (χ1n) is 4.05. The van der Waals surface area contributed by atoms with Gasteiger partial charge in [0.1, 0.15) is 0 Å². The lowest BCUT2D eigenvalue weighted by molar-refractivity contribution is -0.136. The monoisotopic (exact) mass is 230 g/mol. The van der Waals surface area contributed by atoms with Crippen molar-refractivity contribution in [1.82, 2.24) is 9.97 Å². The summed E-state index contributed by atoms with van der Waals surface area (Å²) < 4.78 is 22.2. The lowest BCUT2D eigenvalue weighted by Crippen LogP contribution is -2.09. The predicted molar refractivity (Wildman–Crippen MR) is 51.2 cm³/mol. The van der Waals surface area contributed by atoms with Gasteiger partial charge >= 0.3 is 5.97 Å². The molecule has 7 heteroatoms. The van der Waals surface area contributed by atoms with Crippen LogP contribution in [0.3, 0.4) is 0 Å². The lowest BCUT2D eigenvalue weighted by Gasteiger charge is -2.03. The predicted octanol–water partition coefficient (Wildman–Crippen LogP) is -0.184. The molecule has 15 heavy (non-hydrogen) atoms. The molecule has 0 aromatic carbocycles. The van der Waals surface area contributed by atoms with Crippen LogP contribution in [0, 0.1) is 6.92 Å². The Labute approximate surface area is 86.9 Å². The van der Waals surface area contributed by atoms with Crippen LogP contribution >= 0.6 is 0 Å². The van der Waals surface area contributed by atoms with E-state index in [1.54, 1.807) is 6.92 Å².